The molecule has 5 nitrogen and oxygen atoms in total. The molecule has 2 aliphatic heterocycles. The second kappa shape index (κ2) is 4.80. The number of fused-ring (bicyclic) bond motifs is 2. The summed E-state index contributed by atoms with van der Waals surface area (Å²) in [7, 11) is 0. The molecule has 4 rings (SSSR count). The smallest absolute Gasteiger partial charge is 0.257 e. The van der Waals surface area contributed by atoms with E-state index in [1.165, 1.54) is 0 Å². The van der Waals surface area contributed by atoms with E-state index in [1.807, 2.05) is 43.3 Å². The second-order valence-corrected chi connectivity index (χ2v) is 5.22. The number of carbonyl (C=O) groups is 1. The minimum absolute atomic E-state index is 0.0995. The minimum atomic E-state index is -0.0995. The van der Waals surface area contributed by atoms with Gasteiger partial charge in [0.15, 0.2) is 11.5 Å². The van der Waals surface area contributed by atoms with E-state index in [2.05, 4.69) is 10.6 Å². The van der Waals surface area contributed by atoms with Gasteiger partial charge in [0, 0.05) is 29.2 Å². The lowest BCUT2D eigenvalue weighted by molar-refractivity contribution is -0.110. The van der Waals surface area contributed by atoms with Gasteiger partial charge in [-0.05, 0) is 30.7 Å². The van der Waals surface area contributed by atoms with E-state index < -0.39 is 0 Å². The summed E-state index contributed by atoms with van der Waals surface area (Å²) in [5.41, 5.74) is 4.33. The molecule has 0 unspecified atom stereocenters. The van der Waals surface area contributed by atoms with Crippen molar-refractivity contribution in [2.45, 2.75) is 6.92 Å². The Morgan fingerprint density at radius 1 is 1.18 bits per heavy atom. The summed E-state index contributed by atoms with van der Waals surface area (Å²) in [5, 5.41) is 6.03. The number of hydrogen-bond donors (Lipinski definition) is 2. The molecule has 0 saturated carbocycles. The third-order valence-corrected chi connectivity index (χ3v) is 3.79. The van der Waals surface area contributed by atoms with Crippen LogP contribution in [0, 0.1) is 6.92 Å². The molecule has 2 heterocycles. The van der Waals surface area contributed by atoms with Crippen LogP contribution in [0.25, 0.3) is 5.57 Å². The van der Waals surface area contributed by atoms with Gasteiger partial charge in [0.25, 0.3) is 5.91 Å². The van der Waals surface area contributed by atoms with E-state index >= 15 is 0 Å². The molecule has 5 heteroatoms. The van der Waals surface area contributed by atoms with Crippen molar-refractivity contribution in [1.82, 2.24) is 0 Å². The van der Waals surface area contributed by atoms with Gasteiger partial charge in [-0.2, -0.15) is 0 Å². The number of anilines is 2. The SMILES string of the molecule is Cc1cccc2c1/C(=C\Nc1ccc3c(c1)OCO3)C(=O)N2. The Balaban J connectivity index is 1.66. The number of carbonyl (C=O) groups excluding carboxylic acids is 1. The highest BCUT2D eigenvalue weighted by Crippen LogP contribution is 2.36. The zero-order valence-electron chi connectivity index (χ0n) is 12.0. The first-order valence-electron chi connectivity index (χ1n) is 7.00. The Bertz CT molecular complexity index is 812. The first kappa shape index (κ1) is 12.8. The highest BCUT2D eigenvalue weighted by atomic mass is 16.7. The average molecular weight is 294 g/mol. The number of aryl methyl sites for hydroxylation is 1. The van der Waals surface area contributed by atoms with E-state index in [1.54, 1.807) is 6.20 Å². The molecule has 1 amide bonds. The lowest BCUT2D eigenvalue weighted by Gasteiger charge is -2.05. The summed E-state index contributed by atoms with van der Waals surface area (Å²) in [5.74, 6) is 1.34. The maximum Gasteiger partial charge on any atom is 0.257 e. The third kappa shape index (κ3) is 1.98. The van der Waals surface area contributed by atoms with Crippen molar-refractivity contribution in [3.8, 4) is 11.5 Å². The van der Waals surface area contributed by atoms with Gasteiger partial charge in [0.2, 0.25) is 6.79 Å². The van der Waals surface area contributed by atoms with Gasteiger partial charge in [-0.15, -0.1) is 0 Å². The molecule has 0 atom stereocenters. The zero-order valence-corrected chi connectivity index (χ0v) is 12.0. The summed E-state index contributed by atoms with van der Waals surface area (Å²) in [6, 6.07) is 11.4. The summed E-state index contributed by atoms with van der Waals surface area (Å²) in [6.07, 6.45) is 1.73. The molecule has 2 N–H and O–H groups in total. The van der Waals surface area contributed by atoms with Gasteiger partial charge < -0.3 is 20.1 Å². The topological polar surface area (TPSA) is 59.6 Å². The molecular formula is C17H14N2O3. The van der Waals surface area contributed by atoms with Crippen LogP contribution in [0.3, 0.4) is 0 Å². The van der Waals surface area contributed by atoms with Crippen LogP contribution in [0.15, 0.2) is 42.6 Å². The Labute approximate surface area is 127 Å². The molecule has 0 radical (unpaired) electrons. The fourth-order valence-electron chi connectivity index (χ4n) is 2.71. The summed E-state index contributed by atoms with van der Waals surface area (Å²) in [4.78, 5) is 12.1. The van der Waals surface area contributed by atoms with Crippen LogP contribution in [-0.2, 0) is 4.79 Å². The maximum absolute atomic E-state index is 12.1. The monoisotopic (exact) mass is 294 g/mol. The van der Waals surface area contributed by atoms with Gasteiger partial charge in [-0.25, -0.2) is 0 Å². The molecular weight excluding hydrogens is 280 g/mol. The quantitative estimate of drug-likeness (QED) is 0.835. The van der Waals surface area contributed by atoms with Crippen molar-refractivity contribution in [1.29, 1.82) is 0 Å². The molecule has 2 aromatic carbocycles. The molecule has 0 aliphatic carbocycles. The Hall–Kier alpha value is -2.95. The van der Waals surface area contributed by atoms with Crippen LogP contribution in [-0.4, -0.2) is 12.7 Å². The molecule has 0 fully saturated rings. The van der Waals surface area contributed by atoms with Gasteiger partial charge in [-0.1, -0.05) is 12.1 Å². The first-order chi connectivity index (χ1) is 10.7. The first-order valence-corrected chi connectivity index (χ1v) is 7.00. The van der Waals surface area contributed by atoms with Crippen molar-refractivity contribution < 1.29 is 14.3 Å². The molecule has 22 heavy (non-hydrogen) atoms. The number of amides is 1. The Kier molecular flexibility index (Phi) is 2.79. The van der Waals surface area contributed by atoms with E-state index in [9.17, 15) is 4.79 Å². The molecule has 2 aromatic rings. The summed E-state index contributed by atoms with van der Waals surface area (Å²) < 4.78 is 10.6. The van der Waals surface area contributed by atoms with E-state index in [-0.39, 0.29) is 12.7 Å². The van der Waals surface area contributed by atoms with Crippen molar-refractivity contribution >= 4 is 22.9 Å². The van der Waals surface area contributed by atoms with Crippen LogP contribution in [0.2, 0.25) is 0 Å². The number of hydrogen-bond acceptors (Lipinski definition) is 4. The number of benzene rings is 2. The van der Waals surface area contributed by atoms with Crippen molar-refractivity contribution in [2.75, 3.05) is 17.4 Å². The minimum Gasteiger partial charge on any atom is -0.454 e. The van der Waals surface area contributed by atoms with Gasteiger partial charge in [0.1, 0.15) is 0 Å². The standard InChI is InChI=1S/C17H14N2O3/c1-10-3-2-4-13-16(10)12(17(20)19-13)8-18-11-5-6-14-15(7-11)22-9-21-14/h2-8,18H,9H2,1H3,(H,19,20)/b12-8+. The molecule has 0 saturated heterocycles. The lowest BCUT2D eigenvalue weighted by Crippen LogP contribution is -2.05. The molecule has 2 aliphatic rings. The predicted molar refractivity (Wildman–Crippen MR) is 84.0 cm³/mol. The Morgan fingerprint density at radius 3 is 2.95 bits per heavy atom. The summed E-state index contributed by atoms with van der Waals surface area (Å²) in [6.45, 7) is 2.24. The average Bonchev–Trinajstić information content (AvgIpc) is 3.09. The van der Waals surface area contributed by atoms with Crippen LogP contribution in [0.5, 0.6) is 11.5 Å². The van der Waals surface area contributed by atoms with Gasteiger partial charge in [-0.3, -0.25) is 4.79 Å². The fraction of sp³-hybridized carbons (Fsp3) is 0.118. The lowest BCUT2D eigenvalue weighted by atomic mass is 10.0. The van der Waals surface area contributed by atoms with Crippen LogP contribution in [0.1, 0.15) is 11.1 Å². The number of nitrogens with one attached hydrogen (secondary N) is 2. The predicted octanol–water partition coefficient (Wildman–Crippen LogP) is 3.13. The van der Waals surface area contributed by atoms with Crippen molar-refractivity contribution in [2.24, 2.45) is 0 Å². The largest absolute Gasteiger partial charge is 0.454 e. The van der Waals surface area contributed by atoms with Crippen LogP contribution >= 0.6 is 0 Å². The fourth-order valence-corrected chi connectivity index (χ4v) is 2.71. The zero-order chi connectivity index (χ0) is 15.1. The summed E-state index contributed by atoms with van der Waals surface area (Å²) >= 11 is 0. The number of rotatable bonds is 2. The van der Waals surface area contributed by atoms with E-state index in [4.69, 9.17) is 9.47 Å². The second-order valence-electron chi connectivity index (χ2n) is 5.22. The molecule has 0 spiro atoms. The van der Waals surface area contributed by atoms with Crippen LogP contribution < -0.4 is 20.1 Å². The molecule has 0 bridgehead atoms. The molecule has 110 valence electrons. The number of ether oxygens (including phenoxy) is 2. The van der Waals surface area contributed by atoms with E-state index in [0.29, 0.717) is 11.3 Å². The highest BCUT2D eigenvalue weighted by molar-refractivity contribution is 6.32. The van der Waals surface area contributed by atoms with Crippen molar-refractivity contribution in [3.05, 3.63) is 53.7 Å². The van der Waals surface area contributed by atoms with Crippen molar-refractivity contribution in [3.63, 3.8) is 0 Å². The van der Waals surface area contributed by atoms with Gasteiger partial charge in [0.05, 0.1) is 5.57 Å². The highest BCUT2D eigenvalue weighted by Gasteiger charge is 2.25. The molecule has 0 aromatic heterocycles. The Morgan fingerprint density at radius 2 is 2.05 bits per heavy atom. The van der Waals surface area contributed by atoms with Crippen LogP contribution in [0.4, 0.5) is 11.4 Å². The van der Waals surface area contributed by atoms with Gasteiger partial charge >= 0.3 is 0 Å². The van der Waals surface area contributed by atoms with E-state index in [0.717, 1.165) is 28.3 Å². The normalized spacial score (nSPS) is 16.6. The maximum atomic E-state index is 12.1. The third-order valence-electron chi connectivity index (χ3n) is 3.79.